The molecule has 74 valence electrons. The van der Waals surface area contributed by atoms with E-state index in [1.165, 1.54) is 10.9 Å². The third-order valence-electron chi connectivity index (χ3n) is 2.06. The highest BCUT2D eigenvalue weighted by molar-refractivity contribution is 5.57. The zero-order valence-electron chi connectivity index (χ0n) is 7.64. The number of nitrogens with zero attached hydrogens (tertiary/aromatic N) is 2. The highest BCUT2D eigenvalue weighted by atomic mass is 15.4. The molecule has 1 aromatic heterocycles. The Morgan fingerprint density at radius 3 is 2.46 bits per heavy atom. The standard InChI is InChI=1S/C7H16N6/c1-2-4(8)6(10)13-7(11)5(9)3-12-13/h3-4,6H,2,8-11H2,1H3. The first kappa shape index (κ1) is 9.82. The zero-order valence-corrected chi connectivity index (χ0v) is 7.64. The molecule has 6 nitrogen and oxygen atoms in total. The Hall–Kier alpha value is -1.27. The van der Waals surface area contributed by atoms with Crippen molar-refractivity contribution in [3.05, 3.63) is 6.20 Å². The molecule has 1 aromatic rings. The van der Waals surface area contributed by atoms with Gasteiger partial charge in [0.25, 0.3) is 0 Å². The minimum Gasteiger partial charge on any atom is -0.394 e. The zero-order chi connectivity index (χ0) is 10.0. The summed E-state index contributed by atoms with van der Waals surface area (Å²) < 4.78 is 1.45. The molecule has 2 unspecified atom stereocenters. The Balaban J connectivity index is 2.88. The molecule has 0 aliphatic carbocycles. The maximum atomic E-state index is 5.80. The van der Waals surface area contributed by atoms with Crippen LogP contribution in [0, 0.1) is 0 Å². The number of aromatic nitrogens is 2. The molecule has 0 spiro atoms. The van der Waals surface area contributed by atoms with E-state index in [0.29, 0.717) is 11.5 Å². The fraction of sp³-hybridized carbons (Fsp3) is 0.571. The number of hydrogen-bond donors (Lipinski definition) is 4. The molecule has 1 rings (SSSR count). The summed E-state index contributed by atoms with van der Waals surface area (Å²) in [5.74, 6) is 0.372. The smallest absolute Gasteiger partial charge is 0.146 e. The van der Waals surface area contributed by atoms with Gasteiger partial charge in [0.05, 0.1) is 11.9 Å². The van der Waals surface area contributed by atoms with Crippen LogP contribution in [-0.2, 0) is 0 Å². The molecule has 0 saturated heterocycles. The van der Waals surface area contributed by atoms with E-state index in [2.05, 4.69) is 5.10 Å². The number of nitrogen functional groups attached to an aromatic ring is 2. The summed E-state index contributed by atoms with van der Waals surface area (Å²) in [6, 6.07) is -0.165. The van der Waals surface area contributed by atoms with Gasteiger partial charge in [0, 0.05) is 6.04 Å². The fourth-order valence-corrected chi connectivity index (χ4v) is 1.05. The summed E-state index contributed by atoms with van der Waals surface area (Å²) in [4.78, 5) is 0. The number of rotatable bonds is 3. The van der Waals surface area contributed by atoms with Crippen LogP contribution in [-0.4, -0.2) is 15.8 Å². The molecular formula is C7H16N6. The van der Waals surface area contributed by atoms with Crippen LogP contribution in [0.4, 0.5) is 11.5 Å². The Morgan fingerprint density at radius 2 is 2.08 bits per heavy atom. The van der Waals surface area contributed by atoms with E-state index in [0.717, 1.165) is 6.42 Å². The summed E-state index contributed by atoms with van der Waals surface area (Å²) in [5, 5.41) is 3.95. The van der Waals surface area contributed by atoms with Gasteiger partial charge in [-0.05, 0) is 6.42 Å². The van der Waals surface area contributed by atoms with Crippen LogP contribution in [0.15, 0.2) is 6.20 Å². The van der Waals surface area contributed by atoms with Crippen molar-refractivity contribution in [3.8, 4) is 0 Å². The van der Waals surface area contributed by atoms with Crippen LogP contribution in [0.5, 0.6) is 0 Å². The summed E-state index contributed by atoms with van der Waals surface area (Å²) in [6.45, 7) is 1.95. The van der Waals surface area contributed by atoms with Crippen LogP contribution in [0.25, 0.3) is 0 Å². The van der Waals surface area contributed by atoms with E-state index in [-0.39, 0.29) is 6.04 Å². The number of anilines is 2. The first-order valence-electron chi connectivity index (χ1n) is 4.17. The quantitative estimate of drug-likeness (QED) is 0.492. The highest BCUT2D eigenvalue weighted by Gasteiger charge is 2.17. The maximum Gasteiger partial charge on any atom is 0.146 e. The predicted molar refractivity (Wildman–Crippen MR) is 52.5 cm³/mol. The van der Waals surface area contributed by atoms with Crippen molar-refractivity contribution >= 4 is 11.5 Å². The Kier molecular flexibility index (Phi) is 2.74. The van der Waals surface area contributed by atoms with Crippen LogP contribution in [0.2, 0.25) is 0 Å². The lowest BCUT2D eigenvalue weighted by atomic mass is 10.2. The fourth-order valence-electron chi connectivity index (χ4n) is 1.05. The van der Waals surface area contributed by atoms with Crippen molar-refractivity contribution in [2.45, 2.75) is 25.6 Å². The van der Waals surface area contributed by atoms with Crippen molar-refractivity contribution in [2.24, 2.45) is 11.5 Å². The normalized spacial score (nSPS) is 15.6. The minimum absolute atomic E-state index is 0.165. The van der Waals surface area contributed by atoms with Gasteiger partial charge >= 0.3 is 0 Å². The Bertz CT molecular complexity index is 281. The van der Waals surface area contributed by atoms with E-state index < -0.39 is 6.17 Å². The van der Waals surface area contributed by atoms with Crippen LogP contribution in [0.3, 0.4) is 0 Å². The van der Waals surface area contributed by atoms with Gasteiger partial charge in [0.15, 0.2) is 0 Å². The molecule has 0 bridgehead atoms. The van der Waals surface area contributed by atoms with Gasteiger partial charge in [0.1, 0.15) is 12.0 Å². The monoisotopic (exact) mass is 184 g/mol. The topological polar surface area (TPSA) is 122 Å². The summed E-state index contributed by atoms with van der Waals surface area (Å²) in [6.07, 6.45) is 1.82. The molecule has 0 saturated carbocycles. The molecular weight excluding hydrogens is 168 g/mol. The molecule has 13 heavy (non-hydrogen) atoms. The number of nitrogens with two attached hydrogens (primary N) is 4. The van der Waals surface area contributed by atoms with E-state index >= 15 is 0 Å². The van der Waals surface area contributed by atoms with E-state index in [9.17, 15) is 0 Å². The average molecular weight is 184 g/mol. The van der Waals surface area contributed by atoms with Gasteiger partial charge in [-0.15, -0.1) is 0 Å². The lowest BCUT2D eigenvalue weighted by Gasteiger charge is -2.19. The third kappa shape index (κ3) is 1.73. The van der Waals surface area contributed by atoms with Gasteiger partial charge < -0.3 is 22.9 Å². The lowest BCUT2D eigenvalue weighted by molar-refractivity contribution is 0.385. The molecule has 0 radical (unpaired) electrons. The van der Waals surface area contributed by atoms with Gasteiger partial charge in [-0.3, -0.25) is 0 Å². The molecule has 8 N–H and O–H groups in total. The van der Waals surface area contributed by atoms with Gasteiger partial charge in [-0.1, -0.05) is 6.92 Å². The molecule has 1 heterocycles. The largest absolute Gasteiger partial charge is 0.394 e. The van der Waals surface area contributed by atoms with E-state index in [1.807, 2.05) is 6.92 Å². The number of hydrogen-bond acceptors (Lipinski definition) is 5. The summed E-state index contributed by atoms with van der Waals surface area (Å²) >= 11 is 0. The van der Waals surface area contributed by atoms with Gasteiger partial charge in [0.2, 0.25) is 0 Å². The second-order valence-corrected chi connectivity index (χ2v) is 2.99. The van der Waals surface area contributed by atoms with Crippen molar-refractivity contribution in [2.75, 3.05) is 11.5 Å². The summed E-state index contributed by atoms with van der Waals surface area (Å²) in [5.41, 5.74) is 23.1. The molecule has 2 atom stereocenters. The van der Waals surface area contributed by atoms with Crippen molar-refractivity contribution in [1.82, 2.24) is 9.78 Å². The summed E-state index contributed by atoms with van der Waals surface area (Å²) in [7, 11) is 0. The minimum atomic E-state index is -0.415. The van der Waals surface area contributed by atoms with Crippen molar-refractivity contribution in [3.63, 3.8) is 0 Å². The molecule has 0 aliphatic rings. The third-order valence-corrected chi connectivity index (χ3v) is 2.06. The molecule has 0 aromatic carbocycles. The highest BCUT2D eigenvalue weighted by Crippen LogP contribution is 2.17. The Morgan fingerprint density at radius 1 is 1.46 bits per heavy atom. The predicted octanol–water partition coefficient (Wildman–Crippen LogP) is -0.758. The lowest BCUT2D eigenvalue weighted by Crippen LogP contribution is -2.38. The molecule has 6 heteroatoms. The van der Waals surface area contributed by atoms with Crippen molar-refractivity contribution in [1.29, 1.82) is 0 Å². The van der Waals surface area contributed by atoms with Crippen LogP contribution in [0.1, 0.15) is 19.5 Å². The van der Waals surface area contributed by atoms with E-state index in [1.54, 1.807) is 0 Å². The van der Waals surface area contributed by atoms with Gasteiger partial charge in [-0.25, -0.2) is 4.68 Å². The molecule has 0 fully saturated rings. The molecule has 0 aliphatic heterocycles. The second-order valence-electron chi connectivity index (χ2n) is 2.99. The SMILES string of the molecule is CCC(N)C(N)n1ncc(N)c1N. The van der Waals surface area contributed by atoms with Crippen LogP contribution < -0.4 is 22.9 Å². The van der Waals surface area contributed by atoms with Gasteiger partial charge in [-0.2, -0.15) is 5.10 Å². The first-order valence-corrected chi connectivity index (χ1v) is 4.17. The second kappa shape index (κ2) is 3.63. The molecule has 0 amide bonds. The van der Waals surface area contributed by atoms with E-state index in [4.69, 9.17) is 22.9 Å². The maximum absolute atomic E-state index is 5.80. The average Bonchev–Trinajstić information content (AvgIpc) is 2.45. The van der Waals surface area contributed by atoms with Crippen LogP contribution >= 0.6 is 0 Å². The van der Waals surface area contributed by atoms with Crippen molar-refractivity contribution < 1.29 is 0 Å². The first-order chi connectivity index (χ1) is 6.07. The Labute approximate surface area is 76.9 Å².